The summed E-state index contributed by atoms with van der Waals surface area (Å²) in [6.07, 6.45) is -0.502. The van der Waals surface area contributed by atoms with Gasteiger partial charge in [0.15, 0.2) is 6.10 Å². The summed E-state index contributed by atoms with van der Waals surface area (Å²) < 4.78 is 5.43. The minimum Gasteiger partial charge on any atom is -0.448 e. The van der Waals surface area contributed by atoms with Crippen LogP contribution in [-0.4, -0.2) is 23.7 Å². The van der Waals surface area contributed by atoms with E-state index < -0.39 is 12.1 Å². The summed E-state index contributed by atoms with van der Waals surface area (Å²) in [5, 5.41) is 11.1. The molecule has 0 spiro atoms. The third kappa shape index (κ3) is 5.00. The average molecular weight is 434 g/mol. The summed E-state index contributed by atoms with van der Waals surface area (Å²) in [4.78, 5) is 26.2. The van der Waals surface area contributed by atoms with E-state index in [1.54, 1.807) is 18.3 Å². The molecule has 1 aromatic heterocycles. The molecule has 1 aliphatic heterocycles. The van der Waals surface area contributed by atoms with Gasteiger partial charge < -0.3 is 10.1 Å². The number of hydrazone groups is 1. The maximum absolute atomic E-state index is 12.8. The number of esters is 1. The van der Waals surface area contributed by atoms with Crippen LogP contribution >= 0.6 is 11.3 Å². The molecule has 0 fully saturated rings. The van der Waals surface area contributed by atoms with Crippen LogP contribution in [0.5, 0.6) is 0 Å². The minimum atomic E-state index is -0.906. The number of hydrogen-bond donors (Lipinski definition) is 1. The quantitative estimate of drug-likeness (QED) is 0.564. The monoisotopic (exact) mass is 433 g/mol. The highest BCUT2D eigenvalue weighted by atomic mass is 32.1. The topological polar surface area (TPSA) is 71.0 Å². The second-order valence-electron chi connectivity index (χ2n) is 7.20. The molecule has 3 aromatic rings. The van der Waals surface area contributed by atoms with E-state index in [4.69, 9.17) is 4.74 Å². The van der Waals surface area contributed by atoms with Crippen molar-refractivity contribution in [2.75, 3.05) is 5.01 Å². The van der Waals surface area contributed by atoms with Crippen molar-refractivity contribution in [3.8, 4) is 0 Å². The van der Waals surface area contributed by atoms with E-state index in [0.29, 0.717) is 18.7 Å². The van der Waals surface area contributed by atoms with Crippen molar-refractivity contribution < 1.29 is 14.3 Å². The molecule has 2 unspecified atom stereocenters. The number of benzene rings is 2. The van der Waals surface area contributed by atoms with Crippen LogP contribution in [0.25, 0.3) is 0 Å². The normalized spacial score (nSPS) is 16.5. The standard InChI is InChI=1S/C24H23N3O3S/c1-17(23(28)25-16-20-13-8-14-31-20)30-24(29)21-15-22(18-9-4-2-5-10-18)27(26-21)19-11-6-3-7-12-19/h2-14,17,22H,15-16H2,1H3,(H,25,28). The fourth-order valence-electron chi connectivity index (χ4n) is 3.40. The van der Waals surface area contributed by atoms with E-state index in [1.807, 2.05) is 83.2 Å². The lowest BCUT2D eigenvalue weighted by atomic mass is 10.0. The molecule has 2 aromatic carbocycles. The summed E-state index contributed by atoms with van der Waals surface area (Å²) in [6, 6.07) is 23.4. The largest absolute Gasteiger partial charge is 0.448 e. The molecule has 2 heterocycles. The Morgan fingerprint density at radius 1 is 1.10 bits per heavy atom. The van der Waals surface area contributed by atoms with Crippen molar-refractivity contribution in [3.63, 3.8) is 0 Å². The predicted molar refractivity (Wildman–Crippen MR) is 122 cm³/mol. The molecular formula is C24H23N3O3S. The number of hydrogen-bond acceptors (Lipinski definition) is 6. The maximum atomic E-state index is 12.8. The zero-order chi connectivity index (χ0) is 21.6. The molecule has 0 aliphatic carbocycles. The van der Waals surface area contributed by atoms with Gasteiger partial charge in [-0.15, -0.1) is 11.3 Å². The van der Waals surface area contributed by atoms with Crippen LogP contribution in [0, 0.1) is 0 Å². The minimum absolute atomic E-state index is 0.117. The Morgan fingerprint density at radius 2 is 1.81 bits per heavy atom. The summed E-state index contributed by atoms with van der Waals surface area (Å²) in [7, 11) is 0. The Labute approximate surface area is 185 Å². The average Bonchev–Trinajstić information content (AvgIpc) is 3.49. The second kappa shape index (κ2) is 9.57. The highest BCUT2D eigenvalue weighted by Gasteiger charge is 2.34. The van der Waals surface area contributed by atoms with Gasteiger partial charge in [-0.3, -0.25) is 9.80 Å². The Morgan fingerprint density at radius 3 is 2.48 bits per heavy atom. The molecule has 7 heteroatoms. The third-order valence-corrected chi connectivity index (χ3v) is 5.90. The van der Waals surface area contributed by atoms with Gasteiger partial charge in [-0.1, -0.05) is 54.6 Å². The van der Waals surface area contributed by atoms with Gasteiger partial charge in [-0.2, -0.15) is 5.10 Å². The molecule has 6 nitrogen and oxygen atoms in total. The zero-order valence-electron chi connectivity index (χ0n) is 17.1. The molecule has 0 saturated heterocycles. The molecule has 158 valence electrons. The number of thiophene rings is 1. The summed E-state index contributed by atoms with van der Waals surface area (Å²) in [6.45, 7) is 1.98. The number of carbonyl (C=O) groups excluding carboxylic acids is 2. The molecule has 1 aliphatic rings. The Bertz CT molecular complexity index is 1050. The van der Waals surface area contributed by atoms with Crippen LogP contribution in [0.2, 0.25) is 0 Å². The Hall–Kier alpha value is -3.45. The number of ether oxygens (including phenoxy) is 1. The molecule has 0 saturated carbocycles. The van der Waals surface area contributed by atoms with Gasteiger partial charge in [0.2, 0.25) is 0 Å². The first-order valence-electron chi connectivity index (χ1n) is 10.1. The summed E-state index contributed by atoms with van der Waals surface area (Å²) in [5.41, 5.74) is 2.25. The summed E-state index contributed by atoms with van der Waals surface area (Å²) in [5.74, 6) is -0.905. The van der Waals surface area contributed by atoms with E-state index in [1.165, 1.54) is 0 Å². The first-order chi connectivity index (χ1) is 15.1. The van der Waals surface area contributed by atoms with E-state index in [-0.39, 0.29) is 11.9 Å². The predicted octanol–water partition coefficient (Wildman–Crippen LogP) is 4.30. The van der Waals surface area contributed by atoms with Gasteiger partial charge in [-0.05, 0) is 36.1 Å². The number of rotatable bonds is 7. The molecule has 2 atom stereocenters. The highest BCUT2D eigenvalue weighted by molar-refractivity contribution is 7.09. The number of amides is 1. The van der Waals surface area contributed by atoms with Crippen LogP contribution in [0.4, 0.5) is 5.69 Å². The van der Waals surface area contributed by atoms with Gasteiger partial charge in [0.05, 0.1) is 18.3 Å². The molecule has 4 rings (SSSR count). The molecular weight excluding hydrogens is 410 g/mol. The van der Waals surface area contributed by atoms with Gasteiger partial charge in [0, 0.05) is 11.3 Å². The lowest BCUT2D eigenvalue weighted by molar-refractivity contribution is -0.148. The van der Waals surface area contributed by atoms with Crippen molar-refractivity contribution in [1.29, 1.82) is 0 Å². The number of anilines is 1. The van der Waals surface area contributed by atoms with Crippen molar-refractivity contribution in [3.05, 3.63) is 88.6 Å². The zero-order valence-corrected chi connectivity index (χ0v) is 17.9. The number of para-hydroxylation sites is 1. The number of nitrogens with zero attached hydrogens (tertiary/aromatic N) is 2. The molecule has 1 amide bonds. The highest BCUT2D eigenvalue weighted by Crippen LogP contribution is 2.35. The first-order valence-corrected chi connectivity index (χ1v) is 11.0. The van der Waals surface area contributed by atoms with Crippen molar-refractivity contribution in [2.24, 2.45) is 5.10 Å². The Balaban J connectivity index is 1.45. The summed E-state index contributed by atoms with van der Waals surface area (Å²) >= 11 is 1.56. The van der Waals surface area contributed by atoms with E-state index in [9.17, 15) is 9.59 Å². The van der Waals surface area contributed by atoms with Crippen LogP contribution in [0.1, 0.15) is 29.8 Å². The van der Waals surface area contributed by atoms with Crippen LogP contribution in [-0.2, 0) is 20.9 Å². The second-order valence-corrected chi connectivity index (χ2v) is 8.23. The van der Waals surface area contributed by atoms with Gasteiger partial charge in [0.1, 0.15) is 5.71 Å². The van der Waals surface area contributed by atoms with Crippen molar-refractivity contribution >= 4 is 34.6 Å². The molecule has 0 radical (unpaired) electrons. The number of carbonyl (C=O) groups is 2. The SMILES string of the molecule is CC(OC(=O)C1=NN(c2ccccc2)C(c2ccccc2)C1)C(=O)NCc1cccs1. The van der Waals surface area contributed by atoms with Gasteiger partial charge >= 0.3 is 5.97 Å². The van der Waals surface area contributed by atoms with Crippen molar-refractivity contribution in [1.82, 2.24) is 5.32 Å². The third-order valence-electron chi connectivity index (χ3n) is 5.02. The van der Waals surface area contributed by atoms with Gasteiger partial charge in [0.25, 0.3) is 5.91 Å². The van der Waals surface area contributed by atoms with Crippen LogP contribution in [0.15, 0.2) is 83.3 Å². The first kappa shape index (κ1) is 20.8. The maximum Gasteiger partial charge on any atom is 0.355 e. The fraction of sp³-hybridized carbons (Fsp3) is 0.208. The lowest BCUT2D eigenvalue weighted by Crippen LogP contribution is -2.36. The Kier molecular flexibility index (Phi) is 6.43. The van der Waals surface area contributed by atoms with E-state index in [0.717, 1.165) is 16.1 Å². The fourth-order valence-corrected chi connectivity index (χ4v) is 4.04. The lowest BCUT2D eigenvalue weighted by Gasteiger charge is -2.23. The van der Waals surface area contributed by atoms with E-state index in [2.05, 4.69) is 10.4 Å². The molecule has 31 heavy (non-hydrogen) atoms. The van der Waals surface area contributed by atoms with Crippen molar-refractivity contribution in [2.45, 2.75) is 32.0 Å². The number of nitrogens with one attached hydrogen (secondary N) is 1. The smallest absolute Gasteiger partial charge is 0.355 e. The van der Waals surface area contributed by atoms with Crippen LogP contribution < -0.4 is 10.3 Å². The molecule has 1 N–H and O–H groups in total. The molecule has 0 bridgehead atoms. The van der Waals surface area contributed by atoms with Gasteiger partial charge in [-0.25, -0.2) is 4.79 Å². The van der Waals surface area contributed by atoms with E-state index >= 15 is 0 Å². The van der Waals surface area contributed by atoms with Crippen LogP contribution in [0.3, 0.4) is 0 Å².